The van der Waals surface area contributed by atoms with E-state index >= 15 is 0 Å². The molecule has 1 aromatic rings. The molecule has 7 heteroatoms. The molecular formula is C11H12BrN3O3. The monoisotopic (exact) mass is 313 g/mol. The van der Waals surface area contributed by atoms with Gasteiger partial charge in [0.15, 0.2) is 0 Å². The van der Waals surface area contributed by atoms with E-state index in [9.17, 15) is 14.9 Å². The molecule has 1 atom stereocenters. The van der Waals surface area contributed by atoms with Crippen molar-refractivity contribution in [2.45, 2.75) is 19.0 Å². The number of nitro groups is 1. The van der Waals surface area contributed by atoms with Gasteiger partial charge >= 0.3 is 0 Å². The summed E-state index contributed by atoms with van der Waals surface area (Å²) in [5.41, 5.74) is 0.989. The maximum atomic E-state index is 11.0. The predicted octanol–water partition coefficient (Wildman–Crippen LogP) is 1.34. The lowest BCUT2D eigenvalue weighted by atomic mass is 10.2. The molecule has 1 amide bonds. The Morgan fingerprint density at radius 3 is 2.89 bits per heavy atom. The second kappa shape index (κ2) is 5.45. The quantitative estimate of drug-likeness (QED) is 0.649. The molecule has 1 fully saturated rings. The van der Waals surface area contributed by atoms with E-state index in [0.29, 0.717) is 24.0 Å². The minimum atomic E-state index is -0.429. The molecule has 18 heavy (non-hydrogen) atoms. The van der Waals surface area contributed by atoms with Gasteiger partial charge < -0.3 is 10.6 Å². The van der Waals surface area contributed by atoms with Crippen LogP contribution in [0.15, 0.2) is 22.7 Å². The van der Waals surface area contributed by atoms with Crippen LogP contribution in [0.1, 0.15) is 12.0 Å². The lowest BCUT2D eigenvalue weighted by Gasteiger charge is -2.11. The number of hydrogen-bond acceptors (Lipinski definition) is 4. The second-order valence-electron chi connectivity index (χ2n) is 4.12. The van der Waals surface area contributed by atoms with E-state index in [1.54, 1.807) is 6.07 Å². The van der Waals surface area contributed by atoms with Gasteiger partial charge in [-0.15, -0.1) is 0 Å². The first-order valence-electron chi connectivity index (χ1n) is 5.49. The summed E-state index contributed by atoms with van der Waals surface area (Å²) in [4.78, 5) is 21.2. The van der Waals surface area contributed by atoms with Crippen molar-refractivity contribution in [3.63, 3.8) is 0 Å². The summed E-state index contributed by atoms with van der Waals surface area (Å²) < 4.78 is 0.696. The lowest BCUT2D eigenvalue weighted by molar-refractivity contribution is -0.384. The van der Waals surface area contributed by atoms with E-state index in [0.717, 1.165) is 5.56 Å². The number of nitrogens with one attached hydrogen (secondary N) is 2. The fraction of sp³-hybridized carbons (Fsp3) is 0.364. The number of amides is 1. The second-order valence-corrected chi connectivity index (χ2v) is 4.97. The van der Waals surface area contributed by atoms with Gasteiger partial charge in [0.1, 0.15) is 0 Å². The van der Waals surface area contributed by atoms with Crippen molar-refractivity contribution in [2.24, 2.45) is 0 Å². The predicted molar refractivity (Wildman–Crippen MR) is 69.1 cm³/mol. The number of non-ortho nitro benzene ring substituents is 1. The van der Waals surface area contributed by atoms with Crippen molar-refractivity contribution in [3.8, 4) is 0 Å². The Kier molecular flexibility index (Phi) is 3.93. The molecule has 2 N–H and O–H groups in total. The molecule has 6 nitrogen and oxygen atoms in total. The van der Waals surface area contributed by atoms with Crippen LogP contribution in [0.3, 0.4) is 0 Å². The van der Waals surface area contributed by atoms with Crippen LogP contribution in [0.5, 0.6) is 0 Å². The molecule has 0 spiro atoms. The van der Waals surface area contributed by atoms with Gasteiger partial charge in [-0.2, -0.15) is 0 Å². The fourth-order valence-corrected chi connectivity index (χ4v) is 2.30. The summed E-state index contributed by atoms with van der Waals surface area (Å²) in [6, 6.07) is 4.79. The van der Waals surface area contributed by atoms with Crippen LogP contribution in [0, 0.1) is 10.1 Å². The highest BCUT2D eigenvalue weighted by molar-refractivity contribution is 9.10. The maximum absolute atomic E-state index is 11.0. The zero-order valence-electron chi connectivity index (χ0n) is 9.48. The molecule has 1 aliphatic rings. The number of halogens is 1. The summed E-state index contributed by atoms with van der Waals surface area (Å²) in [5.74, 6) is 0.0512. The molecule has 1 aromatic carbocycles. The lowest BCUT2D eigenvalue weighted by Crippen LogP contribution is -2.30. The Morgan fingerprint density at radius 1 is 1.56 bits per heavy atom. The van der Waals surface area contributed by atoms with Crippen LogP contribution >= 0.6 is 15.9 Å². The molecule has 1 saturated heterocycles. The summed E-state index contributed by atoms with van der Waals surface area (Å²) in [7, 11) is 0. The number of nitro benzene ring substituents is 1. The van der Waals surface area contributed by atoms with Crippen molar-refractivity contribution in [2.75, 3.05) is 6.54 Å². The minimum Gasteiger partial charge on any atom is -0.354 e. The van der Waals surface area contributed by atoms with E-state index in [1.165, 1.54) is 12.1 Å². The molecule has 0 aliphatic carbocycles. The van der Waals surface area contributed by atoms with Gasteiger partial charge in [-0.1, -0.05) is 15.9 Å². The number of benzene rings is 1. The van der Waals surface area contributed by atoms with Crippen LogP contribution in [0.25, 0.3) is 0 Å². The highest BCUT2D eigenvalue weighted by atomic mass is 79.9. The highest BCUT2D eigenvalue weighted by Crippen LogP contribution is 2.23. The van der Waals surface area contributed by atoms with Crippen molar-refractivity contribution in [1.29, 1.82) is 0 Å². The van der Waals surface area contributed by atoms with Gasteiger partial charge in [0.25, 0.3) is 5.69 Å². The number of nitrogens with zero attached hydrogens (tertiary/aromatic N) is 1. The summed E-state index contributed by atoms with van der Waals surface area (Å²) in [6.45, 7) is 1.20. The van der Waals surface area contributed by atoms with Crippen LogP contribution in [0.2, 0.25) is 0 Å². The number of hydrogen-bond donors (Lipinski definition) is 2. The van der Waals surface area contributed by atoms with E-state index < -0.39 is 4.92 Å². The van der Waals surface area contributed by atoms with Crippen LogP contribution in [0.4, 0.5) is 5.69 Å². The normalized spacial score (nSPS) is 18.7. The average Bonchev–Trinajstić information content (AvgIpc) is 2.73. The Hall–Kier alpha value is -1.47. The van der Waals surface area contributed by atoms with Gasteiger partial charge in [0.2, 0.25) is 5.91 Å². The average molecular weight is 314 g/mol. The molecule has 0 radical (unpaired) electrons. The third kappa shape index (κ3) is 3.05. The molecular weight excluding hydrogens is 302 g/mol. The topological polar surface area (TPSA) is 84.3 Å². The van der Waals surface area contributed by atoms with Gasteiger partial charge in [0, 0.05) is 42.2 Å². The molecule has 1 aliphatic heterocycles. The standard InChI is InChI=1S/C11H12BrN3O3/c12-10-4-9(15(17)18)2-1-7(10)5-13-8-3-11(16)14-6-8/h1-2,4,8,13H,3,5-6H2,(H,14,16). The van der Waals surface area contributed by atoms with Crippen LogP contribution in [-0.2, 0) is 11.3 Å². The van der Waals surface area contributed by atoms with Crippen molar-refractivity contribution in [3.05, 3.63) is 38.3 Å². The smallest absolute Gasteiger partial charge is 0.270 e. The summed E-state index contributed by atoms with van der Waals surface area (Å²) in [6.07, 6.45) is 0.477. The van der Waals surface area contributed by atoms with Crippen LogP contribution < -0.4 is 10.6 Å². The van der Waals surface area contributed by atoms with Gasteiger partial charge in [-0.05, 0) is 11.6 Å². The number of rotatable bonds is 4. The van der Waals surface area contributed by atoms with E-state index in [2.05, 4.69) is 26.6 Å². The summed E-state index contributed by atoms with van der Waals surface area (Å²) >= 11 is 3.31. The minimum absolute atomic E-state index is 0.0512. The van der Waals surface area contributed by atoms with Crippen LogP contribution in [-0.4, -0.2) is 23.4 Å². The first-order chi connectivity index (χ1) is 8.56. The van der Waals surface area contributed by atoms with Crippen molar-refractivity contribution < 1.29 is 9.72 Å². The van der Waals surface area contributed by atoms with E-state index in [-0.39, 0.29) is 17.6 Å². The fourth-order valence-electron chi connectivity index (χ4n) is 1.80. The Balaban J connectivity index is 1.97. The van der Waals surface area contributed by atoms with Gasteiger partial charge in [0.05, 0.1) is 4.92 Å². The van der Waals surface area contributed by atoms with Crippen molar-refractivity contribution in [1.82, 2.24) is 10.6 Å². The van der Waals surface area contributed by atoms with Gasteiger partial charge in [-0.3, -0.25) is 14.9 Å². The molecule has 2 rings (SSSR count). The maximum Gasteiger partial charge on any atom is 0.270 e. The molecule has 0 aromatic heterocycles. The van der Waals surface area contributed by atoms with Crippen molar-refractivity contribution >= 4 is 27.5 Å². The largest absolute Gasteiger partial charge is 0.354 e. The third-order valence-electron chi connectivity index (χ3n) is 2.81. The molecule has 0 bridgehead atoms. The van der Waals surface area contributed by atoms with E-state index in [1.807, 2.05) is 0 Å². The molecule has 96 valence electrons. The molecule has 1 unspecified atom stereocenters. The highest BCUT2D eigenvalue weighted by Gasteiger charge is 2.20. The number of carbonyl (C=O) groups excluding carboxylic acids is 1. The Bertz CT molecular complexity index is 492. The third-order valence-corrected chi connectivity index (χ3v) is 3.54. The SMILES string of the molecule is O=C1CC(NCc2ccc([N+](=O)[O-])cc2Br)CN1. The molecule has 1 heterocycles. The Morgan fingerprint density at radius 2 is 2.33 bits per heavy atom. The first kappa shape index (κ1) is 13.0. The first-order valence-corrected chi connectivity index (χ1v) is 6.28. The Labute approximate surface area is 112 Å². The zero-order chi connectivity index (χ0) is 13.1. The van der Waals surface area contributed by atoms with E-state index in [4.69, 9.17) is 0 Å². The summed E-state index contributed by atoms with van der Waals surface area (Å²) in [5, 5.41) is 16.6. The van der Waals surface area contributed by atoms with Gasteiger partial charge in [-0.25, -0.2) is 0 Å². The zero-order valence-corrected chi connectivity index (χ0v) is 11.1. The molecule has 0 saturated carbocycles. The number of carbonyl (C=O) groups is 1.